The third-order valence-corrected chi connectivity index (χ3v) is 4.33. The van der Waals surface area contributed by atoms with E-state index >= 15 is 0 Å². The fraction of sp³-hybridized carbons (Fsp3) is 0. The molecule has 0 aliphatic heterocycles. The minimum absolute atomic E-state index is 0.0107. The van der Waals surface area contributed by atoms with E-state index in [2.05, 4.69) is 0 Å². The molecule has 2 N–H and O–H groups in total. The van der Waals surface area contributed by atoms with Crippen molar-refractivity contribution in [2.45, 2.75) is 0 Å². The van der Waals surface area contributed by atoms with Crippen LogP contribution >= 0.6 is 11.6 Å². The molecular weight excluding hydrogens is 413 g/mol. The maximum absolute atomic E-state index is 13.7. The molecule has 0 fully saturated rings. The monoisotopic (exact) mass is 427 g/mol. The van der Waals surface area contributed by atoms with Crippen molar-refractivity contribution in [3.8, 4) is 5.75 Å². The Hall–Kier alpha value is -3.36. The average molecular weight is 428 g/mol. The lowest BCUT2D eigenvalue weighted by Gasteiger charge is -2.12. The van der Waals surface area contributed by atoms with Crippen LogP contribution in [0.25, 0.3) is 6.08 Å². The number of nitrogens with one attached hydrogen (secondary N) is 1. The Kier molecular flexibility index (Phi) is 6.71. The second-order valence-electron chi connectivity index (χ2n) is 6.16. The first-order chi connectivity index (χ1) is 14.3. The Balaban J connectivity index is 1.81. The van der Waals surface area contributed by atoms with Crippen molar-refractivity contribution in [1.82, 2.24) is 0 Å². The number of benzene rings is 3. The molecule has 3 aromatic carbocycles. The maximum atomic E-state index is 13.7. The van der Waals surface area contributed by atoms with E-state index < -0.39 is 22.8 Å². The number of carbonyl (C=O) groups excluding carboxylic acids is 2. The van der Waals surface area contributed by atoms with Crippen LogP contribution in [0.5, 0.6) is 5.75 Å². The Morgan fingerprint density at radius 3 is 2.33 bits per heavy atom. The Morgan fingerprint density at radius 2 is 1.70 bits per heavy atom. The molecule has 0 spiro atoms. The first kappa shape index (κ1) is 21.4. The van der Waals surface area contributed by atoms with Gasteiger partial charge in [0.2, 0.25) is 0 Å². The maximum Gasteiger partial charge on any atom is 0.343 e. The molecule has 0 bridgehead atoms. The van der Waals surface area contributed by atoms with Gasteiger partial charge >= 0.3 is 5.97 Å². The highest BCUT2D eigenvalue weighted by Crippen LogP contribution is 2.23. The molecule has 0 radical (unpaired) electrons. The third kappa shape index (κ3) is 5.37. The van der Waals surface area contributed by atoms with E-state index in [1.165, 1.54) is 42.5 Å². The molecule has 3 aromatic rings. The smallest absolute Gasteiger partial charge is 0.343 e. The molecule has 6 nitrogen and oxygen atoms in total. The molecule has 30 heavy (non-hydrogen) atoms. The van der Waals surface area contributed by atoms with Gasteiger partial charge < -0.3 is 9.94 Å². The lowest BCUT2D eigenvalue weighted by Crippen LogP contribution is -2.99. The molecule has 0 saturated carbocycles. The summed E-state index contributed by atoms with van der Waals surface area (Å²) in [7, 11) is 0. The van der Waals surface area contributed by atoms with E-state index in [1.807, 2.05) is 0 Å². The second-order valence-corrected chi connectivity index (χ2v) is 6.60. The second kappa shape index (κ2) is 9.43. The molecule has 0 heterocycles. The van der Waals surface area contributed by atoms with Crippen molar-refractivity contribution in [1.29, 1.82) is 0 Å². The van der Waals surface area contributed by atoms with Gasteiger partial charge in [-0.3, -0.25) is 4.79 Å². The number of quaternary nitrogens is 1. The summed E-state index contributed by atoms with van der Waals surface area (Å²) in [4.78, 5) is 24.9. The number of ketones is 1. The van der Waals surface area contributed by atoms with Gasteiger partial charge in [-0.2, -0.15) is 5.23 Å². The molecule has 0 aliphatic rings. The Morgan fingerprint density at radius 1 is 1.03 bits per heavy atom. The van der Waals surface area contributed by atoms with Crippen LogP contribution in [0.15, 0.2) is 72.8 Å². The lowest BCUT2D eigenvalue weighted by atomic mass is 10.1. The number of halogens is 2. The van der Waals surface area contributed by atoms with Gasteiger partial charge in [-0.25, -0.2) is 14.4 Å². The van der Waals surface area contributed by atoms with E-state index in [9.17, 15) is 19.2 Å². The standard InChI is InChI=1S/C22H15ClFNO5/c23-16-6-1-14(2-7-16)3-11-20(26)19-13-17(24)8-12-21(19)30-22(27)15-4-9-18(10-5-15)25(28)29/h1-13,25,28H. The lowest BCUT2D eigenvalue weighted by molar-refractivity contribution is -0.991. The van der Waals surface area contributed by atoms with E-state index in [-0.39, 0.29) is 22.6 Å². The summed E-state index contributed by atoms with van der Waals surface area (Å²) >= 11 is 5.82. The fourth-order valence-electron chi connectivity index (χ4n) is 2.53. The first-order valence-electron chi connectivity index (χ1n) is 8.66. The zero-order valence-electron chi connectivity index (χ0n) is 15.3. The van der Waals surface area contributed by atoms with Crippen molar-refractivity contribution in [3.63, 3.8) is 0 Å². The van der Waals surface area contributed by atoms with E-state index in [4.69, 9.17) is 21.5 Å². The molecule has 152 valence electrons. The minimum atomic E-state index is -1.13. The van der Waals surface area contributed by atoms with Crippen LogP contribution in [0.2, 0.25) is 5.02 Å². The fourth-order valence-corrected chi connectivity index (χ4v) is 2.65. The van der Waals surface area contributed by atoms with Gasteiger partial charge in [0, 0.05) is 17.2 Å². The van der Waals surface area contributed by atoms with Crippen LogP contribution in [0.4, 0.5) is 10.1 Å². The molecule has 1 unspecified atom stereocenters. The van der Waals surface area contributed by atoms with Gasteiger partial charge in [0.15, 0.2) is 11.5 Å². The summed E-state index contributed by atoms with van der Waals surface area (Å²) in [5, 5.41) is 19.2. The number of hydrogen-bond donors (Lipinski definition) is 2. The van der Waals surface area contributed by atoms with Gasteiger partial charge in [-0.05, 0) is 54.1 Å². The number of rotatable bonds is 6. The molecule has 1 atom stereocenters. The summed E-state index contributed by atoms with van der Waals surface area (Å²) in [6, 6.07) is 15.1. The molecule has 0 aromatic heterocycles. The predicted octanol–water partition coefficient (Wildman–Crippen LogP) is 4.00. The number of ether oxygens (including phenoxy) is 1. The normalized spacial score (nSPS) is 12.0. The van der Waals surface area contributed by atoms with Gasteiger partial charge in [0.1, 0.15) is 11.6 Å². The van der Waals surface area contributed by atoms with Crippen molar-refractivity contribution in [2.75, 3.05) is 0 Å². The Labute approximate surface area is 175 Å². The van der Waals surface area contributed by atoms with Crippen LogP contribution < -0.4 is 9.96 Å². The van der Waals surface area contributed by atoms with E-state index in [0.717, 1.165) is 12.1 Å². The van der Waals surface area contributed by atoms with Crippen LogP contribution in [-0.4, -0.2) is 17.0 Å². The van der Waals surface area contributed by atoms with Crippen molar-refractivity contribution < 1.29 is 29.2 Å². The molecule has 8 heteroatoms. The first-order valence-corrected chi connectivity index (χ1v) is 9.04. The number of hydrogen-bond acceptors (Lipinski definition) is 5. The highest BCUT2D eigenvalue weighted by Gasteiger charge is 2.16. The molecule has 0 saturated heterocycles. The van der Waals surface area contributed by atoms with E-state index in [0.29, 0.717) is 10.6 Å². The average Bonchev–Trinajstić information content (AvgIpc) is 2.74. The van der Waals surface area contributed by atoms with Crippen molar-refractivity contribution in [3.05, 3.63) is 106 Å². The van der Waals surface area contributed by atoms with Crippen LogP contribution in [0.3, 0.4) is 0 Å². The van der Waals surface area contributed by atoms with Crippen LogP contribution in [0, 0.1) is 11.0 Å². The molecule has 0 aliphatic carbocycles. The molecule has 3 rings (SSSR count). The zero-order chi connectivity index (χ0) is 21.7. The number of allylic oxidation sites excluding steroid dienone is 1. The van der Waals surface area contributed by atoms with E-state index in [1.54, 1.807) is 24.3 Å². The number of carbonyl (C=O) groups is 2. The summed E-state index contributed by atoms with van der Waals surface area (Å²) in [5.74, 6) is -2.15. The zero-order valence-corrected chi connectivity index (χ0v) is 16.1. The highest BCUT2D eigenvalue weighted by atomic mass is 35.5. The van der Waals surface area contributed by atoms with Gasteiger partial charge in [-0.1, -0.05) is 29.8 Å². The predicted molar refractivity (Wildman–Crippen MR) is 108 cm³/mol. The SMILES string of the molecule is O=C(Oc1ccc(F)cc1C(=O)C=Cc1ccc(Cl)cc1)c1ccc([NH+]([O-])O)cc1. The minimum Gasteiger partial charge on any atom is -0.595 e. The van der Waals surface area contributed by atoms with Gasteiger partial charge in [0.05, 0.1) is 11.1 Å². The summed E-state index contributed by atoms with van der Waals surface area (Å²) < 4.78 is 19.0. The summed E-state index contributed by atoms with van der Waals surface area (Å²) in [6.45, 7) is 0. The van der Waals surface area contributed by atoms with Gasteiger partial charge in [-0.15, -0.1) is 0 Å². The third-order valence-electron chi connectivity index (χ3n) is 4.07. The van der Waals surface area contributed by atoms with Crippen LogP contribution in [-0.2, 0) is 0 Å². The molecule has 0 amide bonds. The van der Waals surface area contributed by atoms with Gasteiger partial charge in [0.25, 0.3) is 0 Å². The van der Waals surface area contributed by atoms with Crippen LogP contribution in [0.1, 0.15) is 26.3 Å². The topological polar surface area (TPSA) is 91.1 Å². The number of esters is 1. The van der Waals surface area contributed by atoms with Crippen molar-refractivity contribution >= 4 is 35.1 Å². The highest BCUT2D eigenvalue weighted by molar-refractivity contribution is 6.30. The largest absolute Gasteiger partial charge is 0.595 e. The quantitative estimate of drug-likeness (QED) is 0.204. The summed E-state index contributed by atoms with van der Waals surface area (Å²) in [5.41, 5.74) is 0.674. The Bertz CT molecular complexity index is 1100. The van der Waals surface area contributed by atoms with Crippen molar-refractivity contribution in [2.24, 2.45) is 0 Å². The summed E-state index contributed by atoms with van der Waals surface area (Å²) in [6.07, 6.45) is 2.76. The molecular formula is C22H15ClFNO5.